The van der Waals surface area contributed by atoms with E-state index in [1.807, 2.05) is 31.2 Å². The molecule has 2 aromatic rings. The molecule has 1 fully saturated rings. The molecular formula is C21H25N3O4S. The van der Waals surface area contributed by atoms with Crippen molar-refractivity contribution < 1.29 is 19.1 Å². The number of aromatic nitrogens is 1. The second-order valence-corrected chi connectivity index (χ2v) is 8.12. The van der Waals surface area contributed by atoms with Gasteiger partial charge in [0.15, 0.2) is 6.10 Å². The van der Waals surface area contributed by atoms with Gasteiger partial charge in [-0.15, -0.1) is 11.3 Å². The largest absolute Gasteiger partial charge is 0.452 e. The third-order valence-electron chi connectivity index (χ3n) is 4.75. The highest BCUT2D eigenvalue weighted by Crippen LogP contribution is 2.24. The van der Waals surface area contributed by atoms with E-state index in [1.165, 1.54) is 18.3 Å². The van der Waals surface area contributed by atoms with Gasteiger partial charge in [0.25, 0.3) is 5.91 Å². The standard InChI is InChI=1S/C21H25N3O4S/c1-13-6-5-7-15(10-13)20-22-17(12-29-20)11-18(25)28-14(2)19(26)24-21(27)23-16-8-3-4-9-16/h5-7,10,12,14,16H,3-4,8-9,11H2,1-2H3,(H2,23,24,26,27)/t14-/m1/s1. The number of ether oxygens (including phenoxy) is 1. The first-order valence-electron chi connectivity index (χ1n) is 9.73. The van der Waals surface area contributed by atoms with Crippen LogP contribution in [0.5, 0.6) is 0 Å². The van der Waals surface area contributed by atoms with E-state index in [0.717, 1.165) is 41.8 Å². The van der Waals surface area contributed by atoms with Crippen molar-refractivity contribution in [1.82, 2.24) is 15.6 Å². The summed E-state index contributed by atoms with van der Waals surface area (Å²) in [6.07, 6.45) is 2.90. The Labute approximate surface area is 173 Å². The Bertz CT molecular complexity index is 890. The molecule has 0 saturated heterocycles. The van der Waals surface area contributed by atoms with Crippen molar-refractivity contribution in [3.8, 4) is 10.6 Å². The molecule has 1 aromatic heterocycles. The van der Waals surface area contributed by atoms with Crippen molar-refractivity contribution in [3.05, 3.63) is 40.9 Å². The number of rotatable bonds is 6. The fraction of sp³-hybridized carbons (Fsp3) is 0.429. The van der Waals surface area contributed by atoms with Crippen LogP contribution in [0.1, 0.15) is 43.9 Å². The monoisotopic (exact) mass is 415 g/mol. The second-order valence-electron chi connectivity index (χ2n) is 7.27. The topological polar surface area (TPSA) is 97.4 Å². The molecule has 1 aromatic carbocycles. The van der Waals surface area contributed by atoms with Gasteiger partial charge < -0.3 is 10.1 Å². The van der Waals surface area contributed by atoms with E-state index in [-0.39, 0.29) is 12.5 Å². The van der Waals surface area contributed by atoms with Crippen LogP contribution in [0.15, 0.2) is 29.6 Å². The predicted octanol–water partition coefficient (Wildman–Crippen LogP) is 3.36. The van der Waals surface area contributed by atoms with E-state index < -0.39 is 24.0 Å². The van der Waals surface area contributed by atoms with Crippen molar-refractivity contribution >= 4 is 29.2 Å². The zero-order valence-electron chi connectivity index (χ0n) is 16.6. The number of carbonyl (C=O) groups excluding carboxylic acids is 3. The molecule has 1 aliphatic carbocycles. The van der Waals surface area contributed by atoms with E-state index in [1.54, 1.807) is 5.38 Å². The average Bonchev–Trinajstić information content (AvgIpc) is 3.33. The zero-order valence-corrected chi connectivity index (χ0v) is 17.4. The number of hydrogen-bond acceptors (Lipinski definition) is 6. The van der Waals surface area contributed by atoms with E-state index in [9.17, 15) is 14.4 Å². The smallest absolute Gasteiger partial charge is 0.321 e. The first kappa shape index (κ1) is 21.0. The normalized spacial score (nSPS) is 15.0. The minimum absolute atomic E-state index is 0.0335. The summed E-state index contributed by atoms with van der Waals surface area (Å²) in [6, 6.07) is 7.53. The molecule has 1 heterocycles. The van der Waals surface area contributed by atoms with Crippen LogP contribution in [0.25, 0.3) is 10.6 Å². The highest BCUT2D eigenvalue weighted by atomic mass is 32.1. The van der Waals surface area contributed by atoms with Crippen LogP contribution in [0, 0.1) is 6.92 Å². The number of urea groups is 1. The molecule has 8 heteroatoms. The van der Waals surface area contributed by atoms with Gasteiger partial charge in [-0.1, -0.05) is 36.6 Å². The van der Waals surface area contributed by atoms with Gasteiger partial charge in [-0.2, -0.15) is 0 Å². The summed E-state index contributed by atoms with van der Waals surface area (Å²) >= 11 is 1.45. The fourth-order valence-electron chi connectivity index (χ4n) is 3.24. The van der Waals surface area contributed by atoms with Gasteiger partial charge in [0.2, 0.25) is 0 Å². The quantitative estimate of drug-likeness (QED) is 0.705. The number of nitrogens with zero attached hydrogens (tertiary/aromatic N) is 1. The van der Waals surface area contributed by atoms with Crippen molar-refractivity contribution in [2.75, 3.05) is 0 Å². The fourth-order valence-corrected chi connectivity index (χ4v) is 4.06. The molecule has 0 bridgehead atoms. The van der Waals surface area contributed by atoms with Gasteiger partial charge in [0.05, 0.1) is 12.1 Å². The molecule has 0 unspecified atom stereocenters. The van der Waals surface area contributed by atoms with Gasteiger partial charge >= 0.3 is 12.0 Å². The highest BCUT2D eigenvalue weighted by molar-refractivity contribution is 7.13. The molecule has 0 radical (unpaired) electrons. The molecule has 0 aliphatic heterocycles. The second kappa shape index (κ2) is 9.65. The maximum atomic E-state index is 12.2. The number of aryl methyl sites for hydroxylation is 1. The van der Waals surface area contributed by atoms with Crippen LogP contribution in [0.4, 0.5) is 4.79 Å². The lowest BCUT2D eigenvalue weighted by molar-refractivity contribution is -0.153. The number of thiazole rings is 1. The number of hydrogen-bond donors (Lipinski definition) is 2. The summed E-state index contributed by atoms with van der Waals surface area (Å²) < 4.78 is 5.15. The lowest BCUT2D eigenvalue weighted by Gasteiger charge is -2.15. The average molecular weight is 416 g/mol. The Morgan fingerprint density at radius 2 is 2.03 bits per heavy atom. The Morgan fingerprint density at radius 3 is 2.76 bits per heavy atom. The maximum absolute atomic E-state index is 12.2. The van der Waals surface area contributed by atoms with Gasteiger partial charge in [-0.3, -0.25) is 14.9 Å². The molecule has 2 N–H and O–H groups in total. The van der Waals surface area contributed by atoms with Crippen LogP contribution in [-0.4, -0.2) is 35.0 Å². The SMILES string of the molecule is Cc1cccc(-c2nc(CC(=O)O[C@H](C)C(=O)NC(=O)NC3CCCC3)cs2)c1. The molecule has 0 spiro atoms. The number of amides is 3. The van der Waals surface area contributed by atoms with E-state index in [2.05, 4.69) is 15.6 Å². The number of benzene rings is 1. The summed E-state index contributed by atoms with van der Waals surface area (Å²) in [5.41, 5.74) is 2.72. The summed E-state index contributed by atoms with van der Waals surface area (Å²) in [7, 11) is 0. The zero-order chi connectivity index (χ0) is 20.8. The summed E-state index contributed by atoms with van der Waals surface area (Å²) in [6.45, 7) is 3.45. The van der Waals surface area contributed by atoms with E-state index >= 15 is 0 Å². The third kappa shape index (κ3) is 6.12. The van der Waals surface area contributed by atoms with Crippen molar-refractivity contribution in [2.45, 2.75) is 58.1 Å². The number of esters is 1. The summed E-state index contributed by atoms with van der Waals surface area (Å²) in [5, 5.41) is 7.62. The first-order valence-corrected chi connectivity index (χ1v) is 10.6. The maximum Gasteiger partial charge on any atom is 0.321 e. The van der Waals surface area contributed by atoms with Crippen molar-refractivity contribution in [1.29, 1.82) is 0 Å². The molecule has 154 valence electrons. The molecule has 29 heavy (non-hydrogen) atoms. The number of carbonyl (C=O) groups is 3. The van der Waals surface area contributed by atoms with Crippen molar-refractivity contribution in [2.24, 2.45) is 0 Å². The van der Waals surface area contributed by atoms with Crippen LogP contribution in [-0.2, 0) is 20.7 Å². The molecule has 3 rings (SSSR count). The van der Waals surface area contributed by atoms with Crippen LogP contribution < -0.4 is 10.6 Å². The lowest BCUT2D eigenvalue weighted by atomic mass is 10.1. The Hall–Kier alpha value is -2.74. The summed E-state index contributed by atoms with van der Waals surface area (Å²) in [5.74, 6) is -1.21. The van der Waals surface area contributed by atoms with Crippen molar-refractivity contribution in [3.63, 3.8) is 0 Å². The Morgan fingerprint density at radius 1 is 1.28 bits per heavy atom. The molecule has 1 saturated carbocycles. The molecule has 1 atom stereocenters. The minimum atomic E-state index is -1.06. The lowest BCUT2D eigenvalue weighted by Crippen LogP contribution is -2.47. The number of nitrogens with one attached hydrogen (secondary N) is 2. The minimum Gasteiger partial charge on any atom is -0.452 e. The Balaban J connectivity index is 1.47. The highest BCUT2D eigenvalue weighted by Gasteiger charge is 2.23. The van der Waals surface area contributed by atoms with Gasteiger partial charge in [0.1, 0.15) is 5.01 Å². The third-order valence-corrected chi connectivity index (χ3v) is 5.69. The van der Waals surface area contributed by atoms with Crippen LogP contribution >= 0.6 is 11.3 Å². The Kier molecular flexibility index (Phi) is 6.98. The molecule has 3 amide bonds. The predicted molar refractivity (Wildman–Crippen MR) is 110 cm³/mol. The van der Waals surface area contributed by atoms with Gasteiger partial charge in [-0.05, 0) is 32.8 Å². The van der Waals surface area contributed by atoms with E-state index in [0.29, 0.717) is 5.69 Å². The molecule has 7 nitrogen and oxygen atoms in total. The van der Waals surface area contributed by atoms with E-state index in [4.69, 9.17) is 4.74 Å². The molecular weight excluding hydrogens is 390 g/mol. The molecule has 1 aliphatic rings. The summed E-state index contributed by atoms with van der Waals surface area (Å²) in [4.78, 5) is 40.6. The number of imide groups is 1. The van der Waals surface area contributed by atoms with Crippen LogP contribution in [0.3, 0.4) is 0 Å². The van der Waals surface area contributed by atoms with Gasteiger partial charge in [-0.25, -0.2) is 9.78 Å². The van der Waals surface area contributed by atoms with Crippen LogP contribution in [0.2, 0.25) is 0 Å². The van der Waals surface area contributed by atoms with Gasteiger partial charge in [0, 0.05) is 17.0 Å². The first-order chi connectivity index (χ1) is 13.9.